The summed E-state index contributed by atoms with van der Waals surface area (Å²) in [6.07, 6.45) is 0.765. The number of nitrogens with one attached hydrogen (secondary N) is 1. The number of hydrogen-bond donors (Lipinski definition) is 1. The van der Waals surface area contributed by atoms with Gasteiger partial charge in [0.2, 0.25) is 11.8 Å². The van der Waals surface area contributed by atoms with Crippen LogP contribution in [0, 0.1) is 0 Å². The van der Waals surface area contributed by atoms with E-state index in [2.05, 4.69) is 5.32 Å². The Balaban J connectivity index is 2.29. The van der Waals surface area contributed by atoms with Crippen molar-refractivity contribution in [3.63, 3.8) is 0 Å². The van der Waals surface area contributed by atoms with Gasteiger partial charge in [-0.2, -0.15) is 0 Å². The number of nitrogens with zero attached hydrogens (tertiary/aromatic N) is 2. The van der Waals surface area contributed by atoms with Crippen molar-refractivity contribution in [3.05, 3.63) is 0 Å². The third-order valence-electron chi connectivity index (χ3n) is 3.65. The molecular formula is C16H29N3O6S. The summed E-state index contributed by atoms with van der Waals surface area (Å²) >= 11 is 0. The summed E-state index contributed by atoms with van der Waals surface area (Å²) in [6, 6.07) is 0. The van der Waals surface area contributed by atoms with Crippen LogP contribution < -0.4 is 5.32 Å². The number of hydrogen-bond acceptors (Lipinski definition) is 6. The molecule has 0 aromatic heterocycles. The third-order valence-corrected chi connectivity index (χ3v) is 4.59. The molecule has 0 unspecified atom stereocenters. The van der Waals surface area contributed by atoms with Crippen molar-refractivity contribution in [1.29, 1.82) is 0 Å². The zero-order valence-corrected chi connectivity index (χ0v) is 16.7. The van der Waals surface area contributed by atoms with Gasteiger partial charge >= 0.3 is 6.09 Å². The highest BCUT2D eigenvalue weighted by molar-refractivity contribution is 7.90. The van der Waals surface area contributed by atoms with E-state index in [-0.39, 0.29) is 37.0 Å². The molecule has 1 aliphatic heterocycles. The van der Waals surface area contributed by atoms with Crippen LogP contribution in [0.5, 0.6) is 0 Å². The summed E-state index contributed by atoms with van der Waals surface area (Å²) < 4.78 is 27.3. The third kappa shape index (κ3) is 9.02. The maximum absolute atomic E-state index is 12.2. The standard InChI is InChI=1S/C16H29N3O6S/c1-16(2,3)25-15(22)19-10-8-18(9-11-19)14(21)6-5-13(20)17-7-12-26(4,23)24/h5-12H2,1-4H3,(H,17,20). The van der Waals surface area contributed by atoms with Crippen LogP contribution in [0.4, 0.5) is 4.79 Å². The van der Waals surface area contributed by atoms with Gasteiger partial charge in [-0.1, -0.05) is 0 Å². The summed E-state index contributed by atoms with van der Waals surface area (Å²) in [5.41, 5.74) is -0.561. The molecular weight excluding hydrogens is 362 g/mol. The number of rotatable bonds is 6. The van der Waals surface area contributed by atoms with E-state index < -0.39 is 21.5 Å². The molecule has 3 amide bonds. The molecule has 150 valence electrons. The van der Waals surface area contributed by atoms with Gasteiger partial charge in [-0.15, -0.1) is 0 Å². The van der Waals surface area contributed by atoms with Gasteiger partial charge in [-0.25, -0.2) is 13.2 Å². The van der Waals surface area contributed by atoms with Crippen molar-refractivity contribution in [2.75, 3.05) is 44.7 Å². The van der Waals surface area contributed by atoms with Crippen molar-refractivity contribution in [2.45, 2.75) is 39.2 Å². The van der Waals surface area contributed by atoms with Gasteiger partial charge in [-0.05, 0) is 20.8 Å². The molecule has 0 aromatic carbocycles. The zero-order chi connectivity index (χ0) is 20.0. The van der Waals surface area contributed by atoms with Crippen molar-refractivity contribution >= 4 is 27.7 Å². The maximum Gasteiger partial charge on any atom is 0.410 e. The first-order valence-corrected chi connectivity index (χ1v) is 10.6. The molecule has 0 bridgehead atoms. The normalized spacial score (nSPS) is 15.5. The Hall–Kier alpha value is -1.84. The van der Waals surface area contributed by atoms with Gasteiger partial charge in [-0.3, -0.25) is 9.59 Å². The van der Waals surface area contributed by atoms with Crippen LogP contribution in [-0.4, -0.2) is 86.5 Å². The molecule has 0 radical (unpaired) electrons. The quantitative estimate of drug-likeness (QED) is 0.682. The highest BCUT2D eigenvalue weighted by atomic mass is 32.2. The fraction of sp³-hybridized carbons (Fsp3) is 0.812. The fourth-order valence-corrected chi connectivity index (χ4v) is 2.78. The second kappa shape index (κ2) is 9.20. The molecule has 9 nitrogen and oxygen atoms in total. The van der Waals surface area contributed by atoms with E-state index in [1.54, 1.807) is 30.6 Å². The van der Waals surface area contributed by atoms with E-state index in [0.29, 0.717) is 26.2 Å². The average Bonchev–Trinajstić information content (AvgIpc) is 2.50. The van der Waals surface area contributed by atoms with Crippen LogP contribution in [0.15, 0.2) is 0 Å². The number of carbonyl (C=O) groups is 3. The molecule has 0 atom stereocenters. The van der Waals surface area contributed by atoms with Gasteiger partial charge in [0.1, 0.15) is 15.4 Å². The topological polar surface area (TPSA) is 113 Å². The van der Waals surface area contributed by atoms with Crippen molar-refractivity contribution in [1.82, 2.24) is 15.1 Å². The van der Waals surface area contributed by atoms with E-state index in [1.807, 2.05) is 0 Å². The number of piperazine rings is 1. The van der Waals surface area contributed by atoms with Gasteiger partial charge in [0.15, 0.2) is 0 Å². The molecule has 0 spiro atoms. The second-order valence-corrected chi connectivity index (χ2v) is 9.59. The fourth-order valence-electron chi connectivity index (χ4n) is 2.31. The van der Waals surface area contributed by atoms with Crippen LogP contribution in [0.2, 0.25) is 0 Å². The van der Waals surface area contributed by atoms with E-state index >= 15 is 0 Å². The predicted molar refractivity (Wildman–Crippen MR) is 96.3 cm³/mol. The Morgan fingerprint density at radius 1 is 1.00 bits per heavy atom. The molecule has 1 aliphatic rings. The molecule has 1 saturated heterocycles. The Morgan fingerprint density at radius 3 is 2.04 bits per heavy atom. The summed E-state index contributed by atoms with van der Waals surface area (Å²) in [6.45, 7) is 7.01. The summed E-state index contributed by atoms with van der Waals surface area (Å²) in [7, 11) is -3.12. The highest BCUT2D eigenvalue weighted by Gasteiger charge is 2.27. The molecule has 10 heteroatoms. The van der Waals surface area contributed by atoms with E-state index in [1.165, 1.54) is 0 Å². The first kappa shape index (κ1) is 22.2. The minimum atomic E-state index is -3.12. The number of carbonyl (C=O) groups excluding carboxylic acids is 3. The van der Waals surface area contributed by atoms with Crippen LogP contribution in [0.1, 0.15) is 33.6 Å². The minimum Gasteiger partial charge on any atom is -0.444 e. The summed E-state index contributed by atoms with van der Waals surface area (Å²) in [5, 5.41) is 2.48. The molecule has 26 heavy (non-hydrogen) atoms. The maximum atomic E-state index is 12.2. The monoisotopic (exact) mass is 391 g/mol. The molecule has 1 N–H and O–H groups in total. The van der Waals surface area contributed by atoms with Crippen LogP contribution in [0.25, 0.3) is 0 Å². The van der Waals surface area contributed by atoms with Crippen LogP contribution in [0.3, 0.4) is 0 Å². The Bertz CT molecular complexity index is 618. The number of amides is 3. The lowest BCUT2D eigenvalue weighted by atomic mass is 10.2. The lowest BCUT2D eigenvalue weighted by Crippen LogP contribution is -2.51. The minimum absolute atomic E-state index is 0.00880. The van der Waals surface area contributed by atoms with Crippen molar-refractivity contribution in [2.24, 2.45) is 0 Å². The first-order valence-electron chi connectivity index (χ1n) is 8.57. The zero-order valence-electron chi connectivity index (χ0n) is 15.9. The van der Waals surface area contributed by atoms with Crippen LogP contribution in [-0.2, 0) is 24.2 Å². The number of ether oxygens (including phenoxy) is 1. The Labute approximate surface area is 155 Å². The predicted octanol–water partition coefficient (Wildman–Crippen LogP) is 0.00670. The largest absolute Gasteiger partial charge is 0.444 e. The van der Waals surface area contributed by atoms with Crippen molar-refractivity contribution < 1.29 is 27.5 Å². The molecule has 1 rings (SSSR count). The Kier molecular flexibility index (Phi) is 7.86. The SMILES string of the molecule is CC(C)(C)OC(=O)N1CCN(C(=O)CCC(=O)NCCS(C)(=O)=O)CC1. The Morgan fingerprint density at radius 2 is 1.54 bits per heavy atom. The average molecular weight is 391 g/mol. The lowest BCUT2D eigenvalue weighted by molar-refractivity contribution is -0.135. The van der Waals surface area contributed by atoms with Crippen LogP contribution >= 0.6 is 0 Å². The molecule has 0 aliphatic carbocycles. The van der Waals surface area contributed by atoms with E-state index in [9.17, 15) is 22.8 Å². The molecule has 1 heterocycles. The summed E-state index contributed by atoms with van der Waals surface area (Å²) in [4.78, 5) is 39.0. The molecule has 0 aromatic rings. The first-order chi connectivity index (χ1) is 11.9. The van der Waals surface area contributed by atoms with E-state index in [4.69, 9.17) is 4.74 Å². The highest BCUT2D eigenvalue weighted by Crippen LogP contribution is 2.12. The molecule has 1 fully saturated rings. The lowest BCUT2D eigenvalue weighted by Gasteiger charge is -2.35. The second-order valence-electron chi connectivity index (χ2n) is 7.33. The van der Waals surface area contributed by atoms with Gasteiger partial charge in [0, 0.05) is 51.8 Å². The number of sulfone groups is 1. The van der Waals surface area contributed by atoms with Gasteiger partial charge in [0.05, 0.1) is 5.75 Å². The molecule has 0 saturated carbocycles. The van der Waals surface area contributed by atoms with Crippen molar-refractivity contribution in [3.8, 4) is 0 Å². The summed E-state index contributed by atoms with van der Waals surface area (Å²) in [5.74, 6) is -0.638. The van der Waals surface area contributed by atoms with Gasteiger partial charge in [0.25, 0.3) is 0 Å². The smallest absolute Gasteiger partial charge is 0.410 e. The van der Waals surface area contributed by atoms with E-state index in [0.717, 1.165) is 6.26 Å². The van der Waals surface area contributed by atoms with Gasteiger partial charge < -0.3 is 19.9 Å².